The van der Waals surface area contributed by atoms with E-state index in [0.717, 1.165) is 16.7 Å². The van der Waals surface area contributed by atoms with Gasteiger partial charge in [0.15, 0.2) is 5.78 Å². The largest absolute Gasteiger partial charge is 0.481 e. The molecule has 0 aliphatic carbocycles. The van der Waals surface area contributed by atoms with Crippen molar-refractivity contribution < 1.29 is 18.7 Å². The Morgan fingerprint density at radius 1 is 1.09 bits per heavy atom. The Morgan fingerprint density at radius 3 is 2.47 bits per heavy atom. The number of benzene rings is 2. The van der Waals surface area contributed by atoms with Crippen LogP contribution in [0.4, 0.5) is 10.1 Å². The number of amides is 1. The lowest BCUT2D eigenvalue weighted by molar-refractivity contribution is -0.118. The number of aromatic nitrogens is 1. The van der Waals surface area contributed by atoms with Gasteiger partial charge >= 0.3 is 0 Å². The van der Waals surface area contributed by atoms with Gasteiger partial charge in [-0.25, -0.2) is 9.37 Å². The van der Waals surface area contributed by atoms with Gasteiger partial charge in [-0.1, -0.05) is 37.3 Å². The molecule has 0 bridgehead atoms. The van der Waals surface area contributed by atoms with Gasteiger partial charge in [0.2, 0.25) is 11.8 Å². The Bertz CT molecular complexity index is 1140. The van der Waals surface area contributed by atoms with Crippen LogP contribution in [0.2, 0.25) is 0 Å². The van der Waals surface area contributed by atoms with Crippen LogP contribution in [0.15, 0.2) is 54.7 Å². The molecule has 0 saturated carbocycles. The number of carbonyl (C=O) groups excluding carboxylic acids is 2. The molecule has 3 aromatic rings. The molecule has 32 heavy (non-hydrogen) atoms. The van der Waals surface area contributed by atoms with E-state index >= 15 is 0 Å². The minimum atomic E-state index is -0.463. The van der Waals surface area contributed by atoms with E-state index in [9.17, 15) is 14.0 Å². The maximum Gasteiger partial charge on any atom is 0.226 e. The quantitative estimate of drug-likeness (QED) is 0.446. The third-order valence-electron chi connectivity index (χ3n) is 5.51. The van der Waals surface area contributed by atoms with Crippen LogP contribution in [0.5, 0.6) is 5.88 Å². The predicted molar refractivity (Wildman–Crippen MR) is 124 cm³/mol. The number of carbonyl (C=O) groups is 2. The van der Waals surface area contributed by atoms with Crippen LogP contribution in [0, 0.1) is 12.7 Å². The van der Waals surface area contributed by atoms with Gasteiger partial charge in [0.25, 0.3) is 0 Å². The molecule has 6 heteroatoms. The fourth-order valence-corrected chi connectivity index (χ4v) is 3.67. The van der Waals surface area contributed by atoms with E-state index in [2.05, 4.69) is 4.98 Å². The van der Waals surface area contributed by atoms with Crippen LogP contribution >= 0.6 is 0 Å². The number of halogens is 1. The number of anilines is 1. The Balaban J connectivity index is 1.77. The first-order valence-electron chi connectivity index (χ1n) is 10.5. The monoisotopic (exact) mass is 434 g/mol. The van der Waals surface area contributed by atoms with Crippen molar-refractivity contribution in [3.8, 4) is 17.0 Å². The summed E-state index contributed by atoms with van der Waals surface area (Å²) >= 11 is 0. The Morgan fingerprint density at radius 2 is 1.81 bits per heavy atom. The van der Waals surface area contributed by atoms with Crippen LogP contribution in [0.3, 0.4) is 0 Å². The van der Waals surface area contributed by atoms with E-state index in [1.807, 2.05) is 31.2 Å². The fraction of sp³-hybridized carbons (Fsp3) is 0.269. The van der Waals surface area contributed by atoms with Gasteiger partial charge in [0.05, 0.1) is 12.8 Å². The minimum Gasteiger partial charge on any atom is -0.481 e. The molecule has 0 aliphatic rings. The summed E-state index contributed by atoms with van der Waals surface area (Å²) in [6, 6.07) is 14.0. The van der Waals surface area contributed by atoms with Gasteiger partial charge < -0.3 is 9.64 Å². The predicted octanol–water partition coefficient (Wildman–Crippen LogP) is 5.39. The van der Waals surface area contributed by atoms with Crippen LogP contribution in [-0.4, -0.2) is 30.8 Å². The van der Waals surface area contributed by atoms with Gasteiger partial charge in [-0.2, -0.15) is 0 Å². The zero-order chi connectivity index (χ0) is 23.3. The smallest absolute Gasteiger partial charge is 0.226 e. The SMILES string of the molecule is CCC(=O)N(C)c1ccc(-c2ccc(C(=O)CCc3cccnc3OC)c(C)c2)cc1F. The molecule has 0 spiro atoms. The number of aryl methyl sites for hydroxylation is 2. The second-order valence-corrected chi connectivity index (χ2v) is 7.60. The maximum absolute atomic E-state index is 14.7. The van der Waals surface area contributed by atoms with Gasteiger partial charge in [-0.15, -0.1) is 0 Å². The van der Waals surface area contributed by atoms with Gasteiger partial charge in [-0.3, -0.25) is 9.59 Å². The van der Waals surface area contributed by atoms with Gasteiger partial charge in [0, 0.05) is 37.2 Å². The maximum atomic E-state index is 14.7. The van der Waals surface area contributed by atoms with Crippen LogP contribution < -0.4 is 9.64 Å². The summed E-state index contributed by atoms with van der Waals surface area (Å²) in [4.78, 5) is 30.1. The van der Waals surface area contributed by atoms with Crippen LogP contribution in [0.25, 0.3) is 11.1 Å². The van der Waals surface area contributed by atoms with Gasteiger partial charge in [0.1, 0.15) is 5.82 Å². The first-order valence-corrected chi connectivity index (χ1v) is 10.5. The highest BCUT2D eigenvalue weighted by Gasteiger charge is 2.16. The summed E-state index contributed by atoms with van der Waals surface area (Å²) in [6.07, 6.45) is 2.83. The van der Waals surface area contributed by atoms with Crippen molar-refractivity contribution in [1.29, 1.82) is 0 Å². The van der Waals surface area contributed by atoms with Crippen molar-refractivity contribution in [2.75, 3.05) is 19.1 Å². The highest BCUT2D eigenvalue weighted by molar-refractivity contribution is 5.98. The first kappa shape index (κ1) is 23.1. The topological polar surface area (TPSA) is 59.5 Å². The van der Waals surface area contributed by atoms with Crippen LogP contribution in [-0.2, 0) is 11.2 Å². The number of methoxy groups -OCH3 is 1. The molecule has 2 aromatic carbocycles. The zero-order valence-corrected chi connectivity index (χ0v) is 18.8. The van der Waals surface area contributed by atoms with E-state index < -0.39 is 5.82 Å². The molecular formula is C26H27FN2O3. The number of nitrogens with zero attached hydrogens (tertiary/aromatic N) is 2. The first-order chi connectivity index (χ1) is 15.3. The van der Waals surface area contributed by atoms with Crippen molar-refractivity contribution in [3.63, 3.8) is 0 Å². The second kappa shape index (κ2) is 10.2. The Hall–Kier alpha value is -3.54. The Labute approximate surface area is 187 Å². The van der Waals surface area contributed by atoms with E-state index in [-0.39, 0.29) is 17.4 Å². The summed E-state index contributed by atoms with van der Waals surface area (Å²) in [7, 11) is 3.13. The minimum absolute atomic E-state index is 0.0289. The molecule has 1 amide bonds. The highest BCUT2D eigenvalue weighted by atomic mass is 19.1. The van der Waals surface area contributed by atoms with Crippen molar-refractivity contribution in [3.05, 3.63) is 77.2 Å². The number of hydrogen-bond acceptors (Lipinski definition) is 4. The van der Waals surface area contributed by atoms with Crippen molar-refractivity contribution in [1.82, 2.24) is 4.98 Å². The molecule has 1 aromatic heterocycles. The summed E-state index contributed by atoms with van der Waals surface area (Å²) in [5, 5.41) is 0. The molecule has 5 nitrogen and oxygen atoms in total. The summed E-state index contributed by atoms with van der Waals surface area (Å²) < 4.78 is 19.9. The molecule has 3 rings (SSSR count). The lowest BCUT2D eigenvalue weighted by Gasteiger charge is -2.18. The molecule has 1 heterocycles. The molecular weight excluding hydrogens is 407 g/mol. The molecule has 0 saturated heterocycles. The third-order valence-corrected chi connectivity index (χ3v) is 5.51. The average molecular weight is 435 g/mol. The van der Waals surface area contributed by atoms with E-state index in [4.69, 9.17) is 4.74 Å². The van der Waals surface area contributed by atoms with Crippen molar-refractivity contribution >= 4 is 17.4 Å². The standard InChI is InChI=1S/C26H27FN2O3/c1-5-25(31)29(3)23-12-9-20(16-22(23)27)19-8-11-21(17(2)15-19)24(30)13-10-18-7-6-14-28-26(18)32-4/h6-9,11-12,14-16H,5,10,13H2,1-4H3. The lowest BCUT2D eigenvalue weighted by atomic mass is 9.95. The average Bonchev–Trinajstić information content (AvgIpc) is 2.81. The Kier molecular flexibility index (Phi) is 7.36. The van der Waals surface area contributed by atoms with E-state index in [1.54, 1.807) is 45.5 Å². The number of ether oxygens (including phenoxy) is 1. The number of rotatable bonds is 8. The molecule has 0 fully saturated rings. The molecule has 0 unspecified atom stereocenters. The molecule has 0 N–H and O–H groups in total. The lowest BCUT2D eigenvalue weighted by Crippen LogP contribution is -2.25. The second-order valence-electron chi connectivity index (χ2n) is 7.60. The summed E-state index contributed by atoms with van der Waals surface area (Å²) in [5.41, 5.74) is 4.10. The number of hydrogen-bond donors (Lipinski definition) is 0. The number of ketones is 1. The summed E-state index contributed by atoms with van der Waals surface area (Å²) in [5.74, 6) is -0.0559. The summed E-state index contributed by atoms with van der Waals surface area (Å²) in [6.45, 7) is 3.61. The molecule has 0 atom stereocenters. The number of Topliss-reactive ketones (excluding diaryl/α,β-unsaturated/α-hetero) is 1. The fourth-order valence-electron chi connectivity index (χ4n) is 3.67. The molecule has 0 radical (unpaired) electrons. The third kappa shape index (κ3) is 5.02. The van der Waals surface area contributed by atoms with E-state index in [0.29, 0.717) is 36.3 Å². The van der Waals surface area contributed by atoms with Crippen LogP contribution in [0.1, 0.15) is 41.3 Å². The molecule has 166 valence electrons. The van der Waals surface area contributed by atoms with Crippen molar-refractivity contribution in [2.45, 2.75) is 33.1 Å². The highest BCUT2D eigenvalue weighted by Crippen LogP contribution is 2.28. The molecule has 0 aliphatic heterocycles. The number of pyridine rings is 1. The normalized spacial score (nSPS) is 10.7. The zero-order valence-electron chi connectivity index (χ0n) is 18.8. The van der Waals surface area contributed by atoms with E-state index in [1.165, 1.54) is 11.0 Å². The van der Waals surface area contributed by atoms with Crippen molar-refractivity contribution in [2.24, 2.45) is 0 Å². The van der Waals surface area contributed by atoms with Gasteiger partial charge in [-0.05, 0) is 48.2 Å².